The summed E-state index contributed by atoms with van der Waals surface area (Å²) in [6.07, 6.45) is 7.37. The highest BCUT2D eigenvalue weighted by atomic mass is 16.5. The van der Waals surface area contributed by atoms with Crippen LogP contribution in [0.2, 0.25) is 0 Å². The van der Waals surface area contributed by atoms with E-state index >= 15 is 0 Å². The third kappa shape index (κ3) is 2.82. The number of carbonyl (C=O) groups excluding carboxylic acids is 1. The van der Waals surface area contributed by atoms with Crippen LogP contribution in [0, 0.1) is 17.8 Å². The van der Waals surface area contributed by atoms with Gasteiger partial charge in [-0.2, -0.15) is 5.10 Å². The molecule has 6 heteroatoms. The fourth-order valence-electron chi connectivity index (χ4n) is 5.26. The number of phenolic OH excluding ortho intramolecular Hbond substituents is 1. The van der Waals surface area contributed by atoms with Crippen LogP contribution in [0.15, 0.2) is 30.5 Å². The van der Waals surface area contributed by atoms with Gasteiger partial charge in [-0.25, -0.2) is 0 Å². The maximum atomic E-state index is 11.3. The second-order valence-corrected chi connectivity index (χ2v) is 8.28. The van der Waals surface area contributed by atoms with Gasteiger partial charge in [0.25, 0.3) is 0 Å². The third-order valence-corrected chi connectivity index (χ3v) is 6.98. The first-order chi connectivity index (χ1) is 13.8. The van der Waals surface area contributed by atoms with Gasteiger partial charge in [-0.15, -0.1) is 0 Å². The van der Waals surface area contributed by atoms with Gasteiger partial charge >= 0.3 is 0 Å². The van der Waals surface area contributed by atoms with Crippen molar-refractivity contribution in [1.82, 2.24) is 9.78 Å². The van der Waals surface area contributed by atoms with Gasteiger partial charge in [0, 0.05) is 30.3 Å². The zero-order valence-corrected chi connectivity index (χ0v) is 15.9. The predicted molar refractivity (Wildman–Crippen MR) is 103 cm³/mol. The van der Waals surface area contributed by atoms with Crippen LogP contribution in [0.3, 0.4) is 0 Å². The Morgan fingerprint density at radius 1 is 1.25 bits per heavy atom. The Bertz CT molecular complexity index is 860. The Morgan fingerprint density at radius 3 is 2.93 bits per heavy atom. The molecule has 1 aromatic heterocycles. The molecule has 3 aliphatic rings. The fourth-order valence-corrected chi connectivity index (χ4v) is 5.26. The van der Waals surface area contributed by atoms with Gasteiger partial charge in [0.2, 0.25) is 0 Å². The van der Waals surface area contributed by atoms with Gasteiger partial charge in [-0.3, -0.25) is 9.48 Å². The third-order valence-electron chi connectivity index (χ3n) is 6.98. The minimum absolute atomic E-state index is 0.0420. The van der Waals surface area contributed by atoms with Crippen LogP contribution in [0.4, 0.5) is 0 Å². The smallest absolute Gasteiger partial charge is 0.157 e. The molecule has 1 aromatic carbocycles. The maximum Gasteiger partial charge on any atom is 0.157 e. The lowest BCUT2D eigenvalue weighted by molar-refractivity contribution is -0.108. The van der Waals surface area contributed by atoms with E-state index in [4.69, 9.17) is 9.47 Å². The number of phenols is 1. The molecule has 6 nitrogen and oxygen atoms in total. The summed E-state index contributed by atoms with van der Waals surface area (Å²) < 4.78 is 14.1. The highest BCUT2D eigenvalue weighted by Crippen LogP contribution is 2.56. The summed E-state index contributed by atoms with van der Waals surface area (Å²) >= 11 is 0. The Morgan fingerprint density at radius 2 is 2.14 bits per heavy atom. The Hall–Kier alpha value is -2.34. The summed E-state index contributed by atoms with van der Waals surface area (Å²) in [5, 5.41) is 14.5. The molecule has 0 spiro atoms. The lowest BCUT2D eigenvalue weighted by atomic mass is 9.54. The fraction of sp³-hybridized carbons (Fsp3) is 0.545. The summed E-state index contributed by atoms with van der Waals surface area (Å²) in [4.78, 5) is 11.3. The van der Waals surface area contributed by atoms with E-state index in [9.17, 15) is 9.90 Å². The summed E-state index contributed by atoms with van der Waals surface area (Å²) in [7, 11) is 0. The van der Waals surface area contributed by atoms with Crippen molar-refractivity contribution in [3.8, 4) is 11.5 Å². The molecule has 2 aliphatic carbocycles. The Kier molecular flexibility index (Phi) is 4.59. The van der Waals surface area contributed by atoms with E-state index in [1.54, 1.807) is 12.1 Å². The van der Waals surface area contributed by atoms with Crippen molar-refractivity contribution in [2.24, 2.45) is 17.8 Å². The standard InChI is InChI=1S/C22H26N2O4/c25-11-16-20(26)5-2-6-21(16)28-13-18-17-12-27-10-8-15(17)22(18)19-7-9-23-24(19)14-3-1-4-14/h2,5-7,9,11,14-15,17-18,22,26H,1,3-4,8,10,12-13H2/t15-,17?,18?,22?/m0/s1. The normalized spacial score (nSPS) is 29.4. The van der Waals surface area contributed by atoms with Crippen LogP contribution in [0.25, 0.3) is 0 Å². The molecule has 0 amide bonds. The second kappa shape index (κ2) is 7.24. The molecule has 1 N–H and O–H groups in total. The molecule has 4 atom stereocenters. The number of ether oxygens (including phenoxy) is 2. The monoisotopic (exact) mass is 382 g/mol. The molecular weight excluding hydrogens is 356 g/mol. The number of rotatable bonds is 6. The van der Waals surface area contributed by atoms with Crippen LogP contribution in [0.5, 0.6) is 11.5 Å². The first kappa shape index (κ1) is 17.7. The average molecular weight is 382 g/mol. The SMILES string of the molecule is O=Cc1c(O)cccc1OCC1C2COCC[C@@H]2C1c1ccnn1C1CCC1. The van der Waals surface area contributed by atoms with E-state index in [1.165, 1.54) is 31.0 Å². The summed E-state index contributed by atoms with van der Waals surface area (Å²) in [5.41, 5.74) is 1.54. The van der Waals surface area contributed by atoms with Crippen molar-refractivity contribution in [2.75, 3.05) is 19.8 Å². The predicted octanol–water partition coefficient (Wildman–Crippen LogP) is 3.57. The van der Waals surface area contributed by atoms with E-state index in [-0.39, 0.29) is 11.3 Å². The van der Waals surface area contributed by atoms with E-state index in [0.29, 0.717) is 48.4 Å². The van der Waals surface area contributed by atoms with Crippen molar-refractivity contribution >= 4 is 6.29 Å². The number of aldehydes is 1. The van der Waals surface area contributed by atoms with Crippen molar-refractivity contribution < 1.29 is 19.4 Å². The lowest BCUT2D eigenvalue weighted by Gasteiger charge is -2.54. The summed E-state index contributed by atoms with van der Waals surface area (Å²) in [6.45, 7) is 2.10. The van der Waals surface area contributed by atoms with Crippen molar-refractivity contribution in [3.05, 3.63) is 41.7 Å². The van der Waals surface area contributed by atoms with Gasteiger partial charge < -0.3 is 14.6 Å². The van der Waals surface area contributed by atoms with Gasteiger partial charge in [-0.05, 0) is 55.7 Å². The molecule has 148 valence electrons. The molecule has 5 rings (SSSR count). The zero-order chi connectivity index (χ0) is 19.1. The van der Waals surface area contributed by atoms with Crippen LogP contribution in [-0.4, -0.2) is 41.0 Å². The van der Waals surface area contributed by atoms with Gasteiger partial charge in [-0.1, -0.05) is 6.07 Å². The van der Waals surface area contributed by atoms with Crippen LogP contribution in [0.1, 0.15) is 53.7 Å². The molecule has 2 saturated carbocycles. The Labute approximate surface area is 164 Å². The molecule has 1 aliphatic heterocycles. The molecule has 1 saturated heterocycles. The first-order valence-corrected chi connectivity index (χ1v) is 10.3. The van der Waals surface area contributed by atoms with Gasteiger partial charge in [0.05, 0.1) is 24.8 Å². The molecular formula is C22H26N2O4. The number of hydrogen-bond donors (Lipinski definition) is 1. The first-order valence-electron chi connectivity index (χ1n) is 10.3. The van der Waals surface area contributed by atoms with Crippen LogP contribution in [-0.2, 0) is 4.74 Å². The highest BCUT2D eigenvalue weighted by Gasteiger charge is 2.53. The van der Waals surface area contributed by atoms with E-state index < -0.39 is 0 Å². The summed E-state index contributed by atoms with van der Waals surface area (Å²) in [6, 6.07) is 7.66. The summed E-state index contributed by atoms with van der Waals surface area (Å²) in [5.74, 6) is 2.21. The van der Waals surface area contributed by atoms with Crippen LogP contribution < -0.4 is 4.74 Å². The molecule has 0 radical (unpaired) electrons. The van der Waals surface area contributed by atoms with Crippen LogP contribution >= 0.6 is 0 Å². The lowest BCUT2D eigenvalue weighted by Crippen LogP contribution is -2.53. The number of carbonyl (C=O) groups is 1. The molecule has 0 bridgehead atoms. The number of benzene rings is 1. The van der Waals surface area contributed by atoms with Gasteiger partial charge in [0.15, 0.2) is 6.29 Å². The van der Waals surface area contributed by atoms with Crippen molar-refractivity contribution in [1.29, 1.82) is 0 Å². The molecule has 3 fully saturated rings. The van der Waals surface area contributed by atoms with E-state index in [2.05, 4.69) is 15.8 Å². The number of fused-ring (bicyclic) bond motifs is 1. The zero-order valence-electron chi connectivity index (χ0n) is 15.9. The number of aromatic nitrogens is 2. The quantitative estimate of drug-likeness (QED) is 0.773. The molecule has 28 heavy (non-hydrogen) atoms. The average Bonchev–Trinajstić information content (AvgIpc) is 3.09. The number of nitrogens with zero attached hydrogens (tertiary/aromatic N) is 2. The molecule has 2 aromatic rings. The highest BCUT2D eigenvalue weighted by molar-refractivity contribution is 5.83. The molecule has 3 unspecified atom stereocenters. The Balaban J connectivity index is 1.38. The largest absolute Gasteiger partial charge is 0.507 e. The molecule has 2 heterocycles. The van der Waals surface area contributed by atoms with Crippen molar-refractivity contribution in [3.63, 3.8) is 0 Å². The number of hydrogen-bond acceptors (Lipinski definition) is 5. The minimum Gasteiger partial charge on any atom is -0.507 e. The maximum absolute atomic E-state index is 11.3. The van der Waals surface area contributed by atoms with Gasteiger partial charge in [0.1, 0.15) is 11.5 Å². The second-order valence-electron chi connectivity index (χ2n) is 8.28. The van der Waals surface area contributed by atoms with E-state index in [0.717, 1.165) is 19.6 Å². The number of aromatic hydroxyl groups is 1. The van der Waals surface area contributed by atoms with E-state index in [1.807, 2.05) is 6.20 Å². The minimum atomic E-state index is -0.0420. The topological polar surface area (TPSA) is 73.6 Å². The van der Waals surface area contributed by atoms with Crippen molar-refractivity contribution in [2.45, 2.75) is 37.6 Å².